The Balaban J connectivity index is 1.60. The predicted molar refractivity (Wildman–Crippen MR) is 130 cm³/mol. The zero-order chi connectivity index (χ0) is 25.1. The number of hydrogen-bond acceptors (Lipinski definition) is 10. The summed E-state index contributed by atoms with van der Waals surface area (Å²) in [6.07, 6.45) is 2.97. The minimum absolute atomic E-state index is 0.0223. The van der Waals surface area contributed by atoms with Crippen LogP contribution in [0.1, 0.15) is 31.2 Å². The molecular formula is C22H28ClN7O4S. The third-order valence-electron chi connectivity index (χ3n) is 7.26. The third-order valence-corrected chi connectivity index (χ3v) is 9.66. The van der Waals surface area contributed by atoms with Gasteiger partial charge in [0.05, 0.1) is 35.6 Å². The molecule has 2 saturated heterocycles. The zero-order valence-corrected chi connectivity index (χ0v) is 21.1. The van der Waals surface area contributed by atoms with Gasteiger partial charge >= 0.3 is 0 Å². The van der Waals surface area contributed by atoms with Gasteiger partial charge in [-0.2, -0.15) is 5.10 Å². The SMILES string of the molecule is Cc1nc(N2CCC3(CC2)CO[C@@H](C)[C@H]3N)c2cc(CO)nn2c1S(=O)(=O)c1ccnc(N)c1Cl. The van der Waals surface area contributed by atoms with Crippen molar-refractivity contribution in [1.29, 1.82) is 0 Å². The lowest BCUT2D eigenvalue weighted by Crippen LogP contribution is -2.50. The van der Waals surface area contributed by atoms with Gasteiger partial charge in [-0.25, -0.2) is 22.9 Å². The Morgan fingerprint density at radius 1 is 1.34 bits per heavy atom. The third kappa shape index (κ3) is 3.75. The minimum atomic E-state index is -4.17. The highest BCUT2D eigenvalue weighted by Gasteiger charge is 2.48. The lowest BCUT2D eigenvalue weighted by atomic mass is 9.73. The van der Waals surface area contributed by atoms with Crippen LogP contribution in [0.25, 0.3) is 5.52 Å². The van der Waals surface area contributed by atoms with Crippen molar-refractivity contribution < 1.29 is 18.3 Å². The number of ether oxygens (including phenoxy) is 1. The van der Waals surface area contributed by atoms with Crippen LogP contribution in [0.3, 0.4) is 0 Å². The largest absolute Gasteiger partial charge is 0.390 e. The second-order valence-corrected chi connectivity index (χ2v) is 11.5. The van der Waals surface area contributed by atoms with Gasteiger partial charge in [0, 0.05) is 30.7 Å². The van der Waals surface area contributed by atoms with E-state index >= 15 is 0 Å². The van der Waals surface area contributed by atoms with Crippen molar-refractivity contribution in [2.45, 2.75) is 55.4 Å². The number of aliphatic hydroxyl groups is 1. The number of fused-ring (bicyclic) bond motifs is 1. The van der Waals surface area contributed by atoms with Gasteiger partial charge in [-0.05, 0) is 38.8 Å². The lowest BCUT2D eigenvalue weighted by molar-refractivity contribution is 0.0974. The second-order valence-electron chi connectivity index (χ2n) is 9.32. The number of aromatic nitrogens is 4. The molecule has 2 fully saturated rings. The highest BCUT2D eigenvalue weighted by Crippen LogP contribution is 2.42. The standard InChI is InChI=1S/C22H28ClN7O4S/c1-12-21(35(32,33)16-3-6-26-19(25)17(16)23)30-15(9-14(10-31)28-30)20(27-12)29-7-4-22(5-8-29)11-34-13(2)18(22)24/h3,6,9,13,18,31H,4-5,7-8,10-11,24H2,1-2H3,(H2,25,26)/t13-,18+/m0/s1. The molecule has 2 aliphatic rings. The van der Waals surface area contributed by atoms with E-state index in [0.29, 0.717) is 36.7 Å². The quantitative estimate of drug-likeness (QED) is 0.456. The first-order chi connectivity index (χ1) is 16.6. The van der Waals surface area contributed by atoms with Crippen LogP contribution < -0.4 is 16.4 Å². The molecule has 3 aromatic heterocycles. The Labute approximate surface area is 208 Å². The molecule has 2 aliphatic heterocycles. The number of sulfone groups is 1. The van der Waals surface area contributed by atoms with E-state index in [2.05, 4.69) is 15.0 Å². The maximum atomic E-state index is 13.7. The number of halogens is 1. The number of aryl methyl sites for hydroxylation is 1. The summed E-state index contributed by atoms with van der Waals surface area (Å²) in [5, 5.41) is 13.8. The van der Waals surface area contributed by atoms with Gasteiger partial charge in [0.25, 0.3) is 0 Å². The van der Waals surface area contributed by atoms with E-state index in [0.717, 1.165) is 12.8 Å². The molecule has 0 aliphatic carbocycles. The highest BCUT2D eigenvalue weighted by molar-refractivity contribution is 7.91. The van der Waals surface area contributed by atoms with E-state index in [4.69, 9.17) is 32.8 Å². The number of nitrogens with zero attached hydrogens (tertiary/aromatic N) is 5. The van der Waals surface area contributed by atoms with Crippen molar-refractivity contribution in [3.05, 3.63) is 34.7 Å². The molecule has 1 spiro atoms. The number of nitrogens with two attached hydrogens (primary N) is 2. The number of rotatable bonds is 4. The van der Waals surface area contributed by atoms with Crippen molar-refractivity contribution in [2.75, 3.05) is 30.3 Å². The van der Waals surface area contributed by atoms with Crippen molar-refractivity contribution in [1.82, 2.24) is 19.6 Å². The topological polar surface area (TPSA) is 162 Å². The van der Waals surface area contributed by atoms with Crippen molar-refractivity contribution in [3.63, 3.8) is 0 Å². The van der Waals surface area contributed by atoms with Gasteiger partial charge in [0.1, 0.15) is 16.4 Å². The van der Waals surface area contributed by atoms with Crippen LogP contribution in [0.4, 0.5) is 11.6 Å². The van der Waals surface area contributed by atoms with E-state index in [9.17, 15) is 13.5 Å². The summed E-state index contributed by atoms with van der Waals surface area (Å²) in [6, 6.07) is 2.92. The van der Waals surface area contributed by atoms with Crippen LogP contribution in [0, 0.1) is 12.3 Å². The molecule has 188 valence electrons. The molecule has 0 saturated carbocycles. The molecule has 5 rings (SSSR count). The molecule has 35 heavy (non-hydrogen) atoms. The van der Waals surface area contributed by atoms with E-state index in [1.54, 1.807) is 13.0 Å². The van der Waals surface area contributed by atoms with Crippen LogP contribution in [0.5, 0.6) is 0 Å². The Bertz CT molecular complexity index is 1400. The Kier molecular flexibility index (Phi) is 5.92. The Morgan fingerprint density at radius 3 is 2.69 bits per heavy atom. The average Bonchev–Trinajstić information content (AvgIpc) is 3.37. The van der Waals surface area contributed by atoms with E-state index in [1.165, 1.54) is 16.8 Å². The number of piperidine rings is 1. The smallest absolute Gasteiger partial charge is 0.227 e. The molecule has 2 atom stereocenters. The number of anilines is 2. The first kappa shape index (κ1) is 24.2. The van der Waals surface area contributed by atoms with Crippen LogP contribution >= 0.6 is 11.6 Å². The van der Waals surface area contributed by atoms with Gasteiger partial charge in [-0.1, -0.05) is 11.6 Å². The zero-order valence-electron chi connectivity index (χ0n) is 19.5. The van der Waals surface area contributed by atoms with Crippen molar-refractivity contribution >= 4 is 38.6 Å². The van der Waals surface area contributed by atoms with Crippen LogP contribution in [0.2, 0.25) is 5.02 Å². The molecule has 3 aromatic rings. The van der Waals surface area contributed by atoms with Gasteiger partial charge in [-0.3, -0.25) is 0 Å². The predicted octanol–water partition coefficient (Wildman–Crippen LogP) is 1.33. The number of nitrogen functional groups attached to an aromatic ring is 1. The first-order valence-electron chi connectivity index (χ1n) is 11.4. The van der Waals surface area contributed by atoms with Crippen molar-refractivity contribution in [3.8, 4) is 0 Å². The molecule has 5 N–H and O–H groups in total. The van der Waals surface area contributed by atoms with Crippen molar-refractivity contribution in [2.24, 2.45) is 11.1 Å². The Hall–Kier alpha value is -2.51. The molecule has 0 aromatic carbocycles. The minimum Gasteiger partial charge on any atom is -0.390 e. The molecule has 0 bridgehead atoms. The maximum absolute atomic E-state index is 13.7. The fraction of sp³-hybridized carbons (Fsp3) is 0.500. The maximum Gasteiger partial charge on any atom is 0.227 e. The summed E-state index contributed by atoms with van der Waals surface area (Å²) in [5.41, 5.74) is 13.2. The second kappa shape index (κ2) is 8.56. The summed E-state index contributed by atoms with van der Waals surface area (Å²) in [4.78, 5) is 10.5. The average molecular weight is 522 g/mol. The molecule has 0 radical (unpaired) electrons. The number of pyridine rings is 1. The molecule has 13 heteroatoms. The summed E-state index contributed by atoms with van der Waals surface area (Å²) >= 11 is 6.21. The summed E-state index contributed by atoms with van der Waals surface area (Å²) in [7, 11) is -4.17. The monoisotopic (exact) mass is 521 g/mol. The van der Waals surface area contributed by atoms with Gasteiger partial charge in [0.2, 0.25) is 9.84 Å². The summed E-state index contributed by atoms with van der Waals surface area (Å²) < 4.78 is 34.5. The number of hydrogen-bond donors (Lipinski definition) is 3. The fourth-order valence-electron chi connectivity index (χ4n) is 5.17. The first-order valence-corrected chi connectivity index (χ1v) is 13.2. The molecule has 0 amide bonds. The van der Waals surface area contributed by atoms with Crippen LogP contribution in [-0.4, -0.2) is 64.9 Å². The van der Waals surface area contributed by atoms with E-state index < -0.39 is 9.84 Å². The lowest BCUT2D eigenvalue weighted by Gasteiger charge is -2.41. The number of aliphatic hydroxyl groups excluding tert-OH is 1. The molecule has 11 nitrogen and oxygen atoms in total. The highest BCUT2D eigenvalue weighted by atomic mass is 35.5. The van der Waals surface area contributed by atoms with E-state index in [-0.39, 0.29) is 50.6 Å². The summed E-state index contributed by atoms with van der Waals surface area (Å²) in [6.45, 7) is 5.27. The molecule has 0 unspecified atom stereocenters. The molecular weight excluding hydrogens is 494 g/mol. The van der Waals surface area contributed by atoms with Crippen LogP contribution in [0.15, 0.2) is 28.3 Å². The molecule has 5 heterocycles. The van der Waals surface area contributed by atoms with Gasteiger partial charge < -0.3 is 26.2 Å². The van der Waals surface area contributed by atoms with E-state index in [1.807, 2.05) is 6.92 Å². The Morgan fingerprint density at radius 2 is 2.06 bits per heavy atom. The van der Waals surface area contributed by atoms with Gasteiger partial charge in [-0.15, -0.1) is 0 Å². The summed E-state index contributed by atoms with van der Waals surface area (Å²) in [5.74, 6) is 0.512. The normalized spacial score (nSPS) is 22.4. The van der Waals surface area contributed by atoms with Gasteiger partial charge in [0.15, 0.2) is 10.8 Å². The van der Waals surface area contributed by atoms with Crippen LogP contribution in [-0.2, 0) is 21.2 Å². The fourth-order valence-corrected chi connectivity index (χ4v) is 7.18.